The molecule has 1 nitrogen and oxygen atoms in total. The zero-order chi connectivity index (χ0) is 8.16. The van der Waals surface area contributed by atoms with Gasteiger partial charge in [0.15, 0.2) is 0 Å². The molecule has 0 bridgehead atoms. The zero-order valence-electron chi connectivity index (χ0n) is 8.65. The Hall–Kier alpha value is 0.656. The van der Waals surface area contributed by atoms with Crippen molar-refractivity contribution in [2.45, 2.75) is 63.9 Å². The van der Waals surface area contributed by atoms with E-state index in [-0.39, 0.29) is 27.8 Å². The van der Waals surface area contributed by atoms with Gasteiger partial charge in [-0.25, -0.2) is 0 Å². The van der Waals surface area contributed by atoms with Crippen molar-refractivity contribution >= 4 is 23.1 Å². The van der Waals surface area contributed by atoms with Crippen molar-refractivity contribution in [1.82, 2.24) is 0 Å². The van der Waals surface area contributed by atoms with Crippen LogP contribution in [0.25, 0.3) is 0 Å². The van der Waals surface area contributed by atoms with Crippen LogP contribution in [0.1, 0.15) is 58.3 Å². The zero-order valence-corrected chi connectivity index (χ0v) is 10.1. The largest absolute Gasteiger partial charge is 2.00 e. The van der Waals surface area contributed by atoms with E-state index in [2.05, 4.69) is 6.92 Å². The average molecular weight is 199 g/mol. The van der Waals surface area contributed by atoms with Gasteiger partial charge in [0.05, 0.1) is 0 Å². The first kappa shape index (κ1) is 16.1. The fourth-order valence-electron chi connectivity index (χ4n) is 1.97. The molecule has 3 heteroatoms. The Morgan fingerprint density at radius 1 is 1.15 bits per heavy atom. The van der Waals surface area contributed by atoms with Crippen LogP contribution >= 0.6 is 0 Å². The molecule has 0 N–H and O–H groups in total. The van der Waals surface area contributed by atoms with Gasteiger partial charge in [-0.3, -0.25) is 0 Å². The molecule has 0 aliphatic heterocycles. The third kappa shape index (κ3) is 5.86. The van der Waals surface area contributed by atoms with Crippen molar-refractivity contribution in [1.29, 1.82) is 0 Å². The van der Waals surface area contributed by atoms with E-state index < -0.39 is 5.60 Å². The second-order valence-corrected chi connectivity index (χ2v) is 3.85. The van der Waals surface area contributed by atoms with Crippen LogP contribution in [0.3, 0.4) is 0 Å². The molecule has 0 aromatic rings. The van der Waals surface area contributed by atoms with Crippen molar-refractivity contribution in [3.63, 3.8) is 0 Å². The number of hydrogen-bond acceptors (Lipinski definition) is 1. The molecular weight excluding hydrogens is 179 g/mol. The molecule has 0 saturated heterocycles. The summed E-state index contributed by atoms with van der Waals surface area (Å²) >= 11 is 0. The summed E-state index contributed by atoms with van der Waals surface area (Å²) in [4.78, 5) is 0. The molecule has 0 unspecified atom stereocenters. The quantitative estimate of drug-likeness (QED) is 0.414. The van der Waals surface area contributed by atoms with Gasteiger partial charge in [0.1, 0.15) is 0 Å². The third-order valence-corrected chi connectivity index (χ3v) is 2.75. The first-order valence-electron chi connectivity index (χ1n) is 4.97. The van der Waals surface area contributed by atoms with Crippen LogP contribution in [0.2, 0.25) is 0 Å². The van der Waals surface area contributed by atoms with Crippen LogP contribution in [0.15, 0.2) is 0 Å². The fourth-order valence-corrected chi connectivity index (χ4v) is 1.97. The second-order valence-electron chi connectivity index (χ2n) is 3.85. The molecule has 1 aliphatic carbocycles. The molecule has 0 amide bonds. The Balaban J connectivity index is 0. The summed E-state index contributed by atoms with van der Waals surface area (Å²) in [5, 5.41) is 11.8. The molecular formula is C10H19FMgO. The normalized spacial score (nSPS) is 18.9. The molecule has 0 radical (unpaired) electrons. The summed E-state index contributed by atoms with van der Waals surface area (Å²) in [7, 11) is 0. The first-order valence-corrected chi connectivity index (χ1v) is 4.97. The van der Waals surface area contributed by atoms with Crippen LogP contribution in [0, 0.1) is 0 Å². The summed E-state index contributed by atoms with van der Waals surface area (Å²) in [5.74, 6) is 0. The number of hydrogen-bond donors (Lipinski definition) is 0. The van der Waals surface area contributed by atoms with E-state index in [1.807, 2.05) is 0 Å². The van der Waals surface area contributed by atoms with Crippen molar-refractivity contribution in [3.05, 3.63) is 0 Å². The molecule has 74 valence electrons. The Morgan fingerprint density at radius 3 is 2.15 bits per heavy atom. The van der Waals surface area contributed by atoms with E-state index in [9.17, 15) is 5.11 Å². The molecule has 0 aromatic heterocycles. The molecule has 0 heterocycles. The molecule has 0 spiro atoms. The maximum atomic E-state index is 11.8. The molecule has 0 atom stereocenters. The van der Waals surface area contributed by atoms with Gasteiger partial charge in [-0.1, -0.05) is 58.3 Å². The minimum Gasteiger partial charge on any atom is -1.00 e. The van der Waals surface area contributed by atoms with E-state index in [0.717, 1.165) is 25.7 Å². The summed E-state index contributed by atoms with van der Waals surface area (Å²) in [6.07, 6.45) is 8.79. The number of unbranched alkanes of at least 4 members (excludes halogenated alkanes) is 2. The Labute approximate surface area is 96.8 Å². The average Bonchev–Trinajstić information content (AvgIpc) is 2.38. The maximum Gasteiger partial charge on any atom is 2.00 e. The van der Waals surface area contributed by atoms with Crippen molar-refractivity contribution < 1.29 is 9.81 Å². The van der Waals surface area contributed by atoms with Crippen molar-refractivity contribution in [2.24, 2.45) is 0 Å². The van der Waals surface area contributed by atoms with E-state index >= 15 is 0 Å². The van der Waals surface area contributed by atoms with E-state index in [1.165, 1.54) is 25.7 Å². The minimum atomic E-state index is -0.505. The second kappa shape index (κ2) is 8.01. The standard InChI is InChI=1S/C10H19O.FH.Mg/c1-2-3-4-7-10(11)8-5-6-9-10;;/h2-9H2,1H3;1H;/q-1;;+2/p-1. The van der Waals surface area contributed by atoms with Crippen LogP contribution < -0.4 is 9.81 Å². The van der Waals surface area contributed by atoms with Crippen molar-refractivity contribution in [2.75, 3.05) is 0 Å². The van der Waals surface area contributed by atoms with E-state index in [4.69, 9.17) is 0 Å². The Kier molecular flexibility index (Phi) is 9.91. The van der Waals surface area contributed by atoms with Gasteiger partial charge in [0.25, 0.3) is 0 Å². The SMILES string of the molecule is CCCCCC1([O-])CCCC1.[F-].[Mg+2]. The maximum absolute atomic E-state index is 11.8. The smallest absolute Gasteiger partial charge is 1.00 e. The van der Waals surface area contributed by atoms with Gasteiger partial charge in [-0.05, 0) is 0 Å². The van der Waals surface area contributed by atoms with Gasteiger partial charge in [0.2, 0.25) is 0 Å². The van der Waals surface area contributed by atoms with Gasteiger partial charge in [-0.15, -0.1) is 5.60 Å². The van der Waals surface area contributed by atoms with Crippen LogP contribution in [0.4, 0.5) is 0 Å². The molecule has 13 heavy (non-hydrogen) atoms. The molecule has 0 aromatic carbocycles. The van der Waals surface area contributed by atoms with Gasteiger partial charge in [0, 0.05) is 0 Å². The predicted molar refractivity (Wildman–Crippen MR) is 51.1 cm³/mol. The van der Waals surface area contributed by atoms with Gasteiger partial charge < -0.3 is 9.81 Å². The molecule has 1 fully saturated rings. The summed E-state index contributed by atoms with van der Waals surface area (Å²) in [6.45, 7) is 2.19. The third-order valence-electron chi connectivity index (χ3n) is 2.75. The minimum absolute atomic E-state index is 0. The predicted octanol–water partition coefficient (Wildman–Crippen LogP) is -1.14. The van der Waals surface area contributed by atoms with Gasteiger partial charge >= 0.3 is 23.1 Å². The van der Waals surface area contributed by atoms with Crippen LogP contribution in [-0.2, 0) is 0 Å². The Morgan fingerprint density at radius 2 is 1.69 bits per heavy atom. The Bertz CT molecular complexity index is 113. The van der Waals surface area contributed by atoms with Crippen LogP contribution in [0.5, 0.6) is 0 Å². The number of halogens is 1. The molecule has 1 rings (SSSR count). The van der Waals surface area contributed by atoms with Crippen molar-refractivity contribution in [3.8, 4) is 0 Å². The summed E-state index contributed by atoms with van der Waals surface area (Å²) < 4.78 is 0. The van der Waals surface area contributed by atoms with Crippen LogP contribution in [-0.4, -0.2) is 28.7 Å². The summed E-state index contributed by atoms with van der Waals surface area (Å²) in [6, 6.07) is 0. The first-order chi connectivity index (χ1) is 5.27. The van der Waals surface area contributed by atoms with E-state index in [0.29, 0.717) is 0 Å². The fraction of sp³-hybridized carbons (Fsp3) is 1.00. The topological polar surface area (TPSA) is 23.1 Å². The molecule has 1 saturated carbocycles. The monoisotopic (exact) mass is 198 g/mol. The van der Waals surface area contributed by atoms with E-state index in [1.54, 1.807) is 0 Å². The number of rotatable bonds is 4. The summed E-state index contributed by atoms with van der Waals surface area (Å²) in [5.41, 5.74) is -0.505. The molecule has 1 aliphatic rings. The van der Waals surface area contributed by atoms with Gasteiger partial charge in [-0.2, -0.15) is 0 Å².